The fraction of sp³-hybridized carbons (Fsp3) is 0.429. The Balaban J connectivity index is 2.32. The minimum Gasteiger partial charge on any atom is -0.377 e. The Morgan fingerprint density at radius 1 is 1.22 bits per heavy atom. The molecular weight excluding hydrogens is 248 g/mol. The zero-order chi connectivity index (χ0) is 13.0. The number of hydrogen-bond acceptors (Lipinski definition) is 3. The first-order valence-electron chi connectivity index (χ1n) is 5.92. The number of nitriles is 2. The van der Waals surface area contributed by atoms with Crippen molar-refractivity contribution in [3.8, 4) is 12.1 Å². The lowest BCUT2D eigenvalue weighted by atomic mass is 9.82. The van der Waals surface area contributed by atoms with E-state index in [1.807, 2.05) is 12.1 Å². The Bertz CT molecular complexity index is 466. The number of nitrogens with zero attached hydrogens (tertiary/aromatic N) is 2. The van der Waals surface area contributed by atoms with Crippen LogP contribution < -0.4 is 0 Å². The highest BCUT2D eigenvalue weighted by molar-refractivity contribution is 6.30. The summed E-state index contributed by atoms with van der Waals surface area (Å²) in [4.78, 5) is 0. The highest BCUT2D eigenvalue weighted by atomic mass is 35.5. The first kappa shape index (κ1) is 12.9. The van der Waals surface area contributed by atoms with Crippen molar-refractivity contribution >= 4 is 11.6 Å². The number of hydrogen-bond donors (Lipinski definition) is 0. The second-order valence-corrected chi connectivity index (χ2v) is 4.80. The Kier molecular flexibility index (Phi) is 4.20. The predicted molar refractivity (Wildman–Crippen MR) is 67.9 cm³/mol. The van der Waals surface area contributed by atoms with Gasteiger partial charge in [0.2, 0.25) is 0 Å². The molecule has 0 aliphatic carbocycles. The maximum atomic E-state index is 9.12. The summed E-state index contributed by atoms with van der Waals surface area (Å²) in [6.45, 7) is 0.707. The largest absolute Gasteiger partial charge is 0.377 e. The Labute approximate surface area is 112 Å². The highest BCUT2D eigenvalue weighted by Crippen LogP contribution is 2.35. The van der Waals surface area contributed by atoms with Crippen molar-refractivity contribution in [2.45, 2.75) is 24.9 Å². The molecule has 0 N–H and O–H groups in total. The molecule has 3 nitrogen and oxygen atoms in total. The third-order valence-electron chi connectivity index (χ3n) is 3.26. The van der Waals surface area contributed by atoms with E-state index in [1.54, 1.807) is 12.1 Å². The van der Waals surface area contributed by atoms with E-state index >= 15 is 0 Å². The standard InChI is InChI=1S/C14H13ClN2O/c15-12-5-3-10(4-6-12)14(11(8-16)9-17)13-2-1-7-18-13/h3-6,11,13-14H,1-2,7H2. The van der Waals surface area contributed by atoms with Gasteiger partial charge in [-0.25, -0.2) is 0 Å². The van der Waals surface area contributed by atoms with Crippen LogP contribution in [0, 0.1) is 28.6 Å². The van der Waals surface area contributed by atoms with E-state index < -0.39 is 5.92 Å². The number of benzene rings is 1. The quantitative estimate of drug-likeness (QED) is 0.838. The average Bonchev–Trinajstić information content (AvgIpc) is 2.91. The monoisotopic (exact) mass is 260 g/mol. The second kappa shape index (κ2) is 5.87. The van der Waals surface area contributed by atoms with Gasteiger partial charge in [-0.1, -0.05) is 23.7 Å². The van der Waals surface area contributed by atoms with Crippen LogP contribution in [0.25, 0.3) is 0 Å². The number of rotatable bonds is 3. The van der Waals surface area contributed by atoms with E-state index in [9.17, 15) is 0 Å². The molecule has 1 aromatic rings. The molecule has 1 fully saturated rings. The van der Waals surface area contributed by atoms with E-state index in [0.717, 1.165) is 18.4 Å². The molecule has 4 heteroatoms. The van der Waals surface area contributed by atoms with Gasteiger partial charge in [0.1, 0.15) is 5.92 Å². The number of ether oxygens (including phenoxy) is 1. The van der Waals surface area contributed by atoms with Crippen LogP contribution in [0.2, 0.25) is 5.02 Å². The van der Waals surface area contributed by atoms with E-state index in [0.29, 0.717) is 11.6 Å². The predicted octanol–water partition coefficient (Wildman–Crippen LogP) is 3.27. The molecule has 1 saturated heterocycles. The molecule has 18 heavy (non-hydrogen) atoms. The molecular formula is C14H13ClN2O. The van der Waals surface area contributed by atoms with Gasteiger partial charge >= 0.3 is 0 Å². The SMILES string of the molecule is N#CC(C#N)C(c1ccc(Cl)cc1)C1CCCO1. The van der Waals surface area contributed by atoms with Crippen LogP contribution >= 0.6 is 11.6 Å². The van der Waals surface area contributed by atoms with Crippen molar-refractivity contribution < 1.29 is 4.74 Å². The van der Waals surface area contributed by atoms with Gasteiger partial charge in [-0.15, -0.1) is 0 Å². The van der Waals surface area contributed by atoms with Crippen molar-refractivity contribution in [1.29, 1.82) is 10.5 Å². The first-order chi connectivity index (χ1) is 8.76. The third-order valence-corrected chi connectivity index (χ3v) is 3.51. The van der Waals surface area contributed by atoms with Gasteiger partial charge in [0.15, 0.2) is 0 Å². The van der Waals surface area contributed by atoms with E-state index in [4.69, 9.17) is 26.9 Å². The lowest BCUT2D eigenvalue weighted by Gasteiger charge is -2.24. The lowest BCUT2D eigenvalue weighted by molar-refractivity contribution is 0.0828. The second-order valence-electron chi connectivity index (χ2n) is 4.36. The minimum absolute atomic E-state index is 0.0459. The summed E-state index contributed by atoms with van der Waals surface area (Å²) >= 11 is 5.86. The first-order valence-corrected chi connectivity index (χ1v) is 6.30. The summed E-state index contributed by atoms with van der Waals surface area (Å²) < 4.78 is 5.65. The molecule has 2 rings (SSSR count). The highest BCUT2D eigenvalue weighted by Gasteiger charge is 2.34. The van der Waals surface area contributed by atoms with E-state index in [-0.39, 0.29) is 12.0 Å². The summed E-state index contributed by atoms with van der Waals surface area (Å²) in [5.41, 5.74) is 0.944. The molecule has 0 aromatic heterocycles. The topological polar surface area (TPSA) is 56.8 Å². The van der Waals surface area contributed by atoms with Crippen LogP contribution in [-0.4, -0.2) is 12.7 Å². The molecule has 2 unspecified atom stereocenters. The summed E-state index contributed by atoms with van der Waals surface area (Å²) in [6.07, 6.45) is 1.83. The summed E-state index contributed by atoms with van der Waals surface area (Å²) in [5.74, 6) is -0.881. The van der Waals surface area contributed by atoms with Crippen molar-refractivity contribution in [3.05, 3.63) is 34.9 Å². The number of halogens is 1. The maximum absolute atomic E-state index is 9.12. The van der Waals surface area contributed by atoms with Gasteiger partial charge in [0, 0.05) is 17.5 Å². The van der Waals surface area contributed by atoms with Gasteiger partial charge in [0.05, 0.1) is 18.2 Å². The molecule has 0 bridgehead atoms. The maximum Gasteiger partial charge on any atom is 0.142 e. The molecule has 92 valence electrons. The van der Waals surface area contributed by atoms with Crippen molar-refractivity contribution in [1.82, 2.24) is 0 Å². The van der Waals surface area contributed by atoms with Crippen molar-refractivity contribution in [2.75, 3.05) is 6.61 Å². The summed E-state index contributed by atoms with van der Waals surface area (Å²) in [6, 6.07) is 11.4. The fourth-order valence-electron chi connectivity index (χ4n) is 2.38. The summed E-state index contributed by atoms with van der Waals surface area (Å²) in [7, 11) is 0. The van der Waals surface area contributed by atoms with Gasteiger partial charge in [0.25, 0.3) is 0 Å². The molecule has 0 radical (unpaired) electrons. The minimum atomic E-state index is -0.686. The van der Waals surface area contributed by atoms with Crippen LogP contribution in [0.5, 0.6) is 0 Å². The van der Waals surface area contributed by atoms with Crippen LogP contribution in [0.3, 0.4) is 0 Å². The molecule has 0 saturated carbocycles. The fourth-order valence-corrected chi connectivity index (χ4v) is 2.51. The molecule has 0 spiro atoms. The Morgan fingerprint density at radius 2 is 1.89 bits per heavy atom. The lowest BCUT2D eigenvalue weighted by Crippen LogP contribution is -2.24. The Morgan fingerprint density at radius 3 is 2.39 bits per heavy atom. The zero-order valence-corrected chi connectivity index (χ0v) is 10.6. The van der Waals surface area contributed by atoms with Crippen molar-refractivity contribution in [3.63, 3.8) is 0 Å². The van der Waals surface area contributed by atoms with Gasteiger partial charge in [-0.3, -0.25) is 0 Å². The van der Waals surface area contributed by atoms with Crippen LogP contribution in [0.1, 0.15) is 24.3 Å². The third kappa shape index (κ3) is 2.64. The average molecular weight is 261 g/mol. The van der Waals surface area contributed by atoms with Crippen molar-refractivity contribution in [2.24, 2.45) is 5.92 Å². The molecule has 1 aromatic carbocycles. The van der Waals surface area contributed by atoms with Crippen LogP contribution in [-0.2, 0) is 4.74 Å². The smallest absolute Gasteiger partial charge is 0.142 e. The van der Waals surface area contributed by atoms with Gasteiger partial charge in [-0.2, -0.15) is 10.5 Å². The van der Waals surface area contributed by atoms with E-state index in [1.165, 1.54) is 0 Å². The van der Waals surface area contributed by atoms with Gasteiger partial charge < -0.3 is 4.74 Å². The Hall–Kier alpha value is -1.55. The molecule has 0 amide bonds. The molecule has 1 aliphatic heterocycles. The molecule has 2 atom stereocenters. The summed E-state index contributed by atoms with van der Waals surface area (Å²) in [5, 5.41) is 18.9. The van der Waals surface area contributed by atoms with Crippen LogP contribution in [0.4, 0.5) is 0 Å². The van der Waals surface area contributed by atoms with E-state index in [2.05, 4.69) is 12.1 Å². The molecule has 1 heterocycles. The molecule has 1 aliphatic rings. The normalized spacial score (nSPS) is 20.3. The zero-order valence-electron chi connectivity index (χ0n) is 9.84. The van der Waals surface area contributed by atoms with Gasteiger partial charge in [-0.05, 0) is 30.5 Å². The van der Waals surface area contributed by atoms with Crippen LogP contribution in [0.15, 0.2) is 24.3 Å².